The first-order chi connectivity index (χ1) is 16.2. The number of piperazine rings is 1. The van der Waals surface area contributed by atoms with Gasteiger partial charge in [0.25, 0.3) is 6.43 Å². The van der Waals surface area contributed by atoms with Crippen LogP contribution in [0.5, 0.6) is 0 Å². The Hall–Kier alpha value is -3.52. The Morgan fingerprint density at radius 2 is 1.79 bits per heavy atom. The van der Waals surface area contributed by atoms with Gasteiger partial charge in [0, 0.05) is 61.1 Å². The molecule has 0 aromatic carbocycles. The summed E-state index contributed by atoms with van der Waals surface area (Å²) in [5, 5.41) is 2.66. The minimum absolute atomic E-state index is 0.388. The van der Waals surface area contributed by atoms with Gasteiger partial charge in [0.15, 0.2) is 0 Å². The van der Waals surface area contributed by atoms with Crippen molar-refractivity contribution in [3.8, 4) is 0 Å². The van der Waals surface area contributed by atoms with Gasteiger partial charge in [0.1, 0.15) is 5.65 Å². The number of aryl methyl sites for hydroxylation is 1. The summed E-state index contributed by atoms with van der Waals surface area (Å²) < 4.78 is 27.1. The number of fused-ring (bicyclic) bond motifs is 1. The molecule has 4 rings (SSSR count). The van der Waals surface area contributed by atoms with Gasteiger partial charge < -0.3 is 15.1 Å². The van der Waals surface area contributed by atoms with E-state index in [-0.39, 0.29) is 0 Å². The maximum Gasteiger partial charge on any atom is 0.255 e. The zero-order chi connectivity index (χ0) is 24.4. The fourth-order valence-corrected chi connectivity index (χ4v) is 4.08. The largest absolute Gasteiger partial charge is 0.378 e. The molecule has 6 nitrogen and oxygen atoms in total. The van der Waals surface area contributed by atoms with E-state index in [0.717, 1.165) is 59.8 Å². The molecule has 0 aliphatic carbocycles. The van der Waals surface area contributed by atoms with Gasteiger partial charge in [-0.25, -0.2) is 13.8 Å². The first-order valence-electron chi connectivity index (χ1n) is 11.2. The van der Waals surface area contributed by atoms with Gasteiger partial charge in [-0.3, -0.25) is 9.38 Å². The van der Waals surface area contributed by atoms with Crippen molar-refractivity contribution in [2.24, 2.45) is 0 Å². The molecule has 1 fully saturated rings. The van der Waals surface area contributed by atoms with Crippen molar-refractivity contribution in [1.29, 1.82) is 0 Å². The number of alkyl halides is 2. The van der Waals surface area contributed by atoms with Crippen LogP contribution in [0.4, 0.5) is 8.78 Å². The molecular formula is C26H30F2N6. The summed E-state index contributed by atoms with van der Waals surface area (Å²) in [6, 6.07) is 5.92. The molecule has 0 bridgehead atoms. The lowest BCUT2D eigenvalue weighted by atomic mass is 9.97. The number of nitrogens with one attached hydrogen (secondary N) is 1. The molecule has 1 N–H and O–H groups in total. The normalized spacial score (nSPS) is 14.6. The Labute approximate surface area is 198 Å². The zero-order valence-corrected chi connectivity index (χ0v) is 19.7. The molecule has 0 spiro atoms. The van der Waals surface area contributed by atoms with E-state index in [2.05, 4.69) is 57.9 Å². The summed E-state index contributed by atoms with van der Waals surface area (Å²) >= 11 is 0. The summed E-state index contributed by atoms with van der Waals surface area (Å²) in [7, 11) is 2.13. The second-order valence-electron chi connectivity index (χ2n) is 8.61. The fraction of sp³-hybridized carbons (Fsp3) is 0.308. The van der Waals surface area contributed by atoms with Crippen LogP contribution >= 0.6 is 0 Å². The minimum atomic E-state index is -2.46. The van der Waals surface area contributed by atoms with E-state index in [9.17, 15) is 8.78 Å². The van der Waals surface area contributed by atoms with Crippen LogP contribution in [0.25, 0.3) is 22.6 Å². The maximum atomic E-state index is 12.6. The lowest BCUT2D eigenvalue weighted by Gasteiger charge is -2.35. The summed E-state index contributed by atoms with van der Waals surface area (Å²) in [6.07, 6.45) is 2.92. The third-order valence-corrected chi connectivity index (χ3v) is 6.26. The van der Waals surface area contributed by atoms with Crippen molar-refractivity contribution in [2.45, 2.75) is 13.3 Å². The van der Waals surface area contributed by atoms with E-state index >= 15 is 0 Å². The van der Waals surface area contributed by atoms with E-state index in [0.29, 0.717) is 17.0 Å². The summed E-state index contributed by atoms with van der Waals surface area (Å²) in [5.41, 5.74) is 7.13. The SMILES string of the molecule is C=C(c1ccc2ncc(C(=C)NCC(F)F)n2c1)c1cc(C(=C)N2CCN(C)CC2)cnc1C. The highest BCUT2D eigenvalue weighted by Crippen LogP contribution is 2.28. The van der Waals surface area contributed by atoms with E-state index in [1.165, 1.54) is 0 Å². The highest BCUT2D eigenvalue weighted by molar-refractivity contribution is 5.81. The zero-order valence-electron chi connectivity index (χ0n) is 19.7. The molecule has 178 valence electrons. The van der Waals surface area contributed by atoms with Gasteiger partial charge in [-0.15, -0.1) is 0 Å². The predicted octanol–water partition coefficient (Wildman–Crippen LogP) is 4.14. The summed E-state index contributed by atoms with van der Waals surface area (Å²) in [6.45, 7) is 17.9. The van der Waals surface area contributed by atoms with Crippen molar-refractivity contribution in [1.82, 2.24) is 29.5 Å². The third-order valence-electron chi connectivity index (χ3n) is 6.26. The second-order valence-corrected chi connectivity index (χ2v) is 8.61. The van der Waals surface area contributed by atoms with Gasteiger partial charge in [0.05, 0.1) is 24.1 Å². The molecule has 3 aromatic heterocycles. The van der Waals surface area contributed by atoms with Crippen molar-refractivity contribution >= 4 is 22.6 Å². The van der Waals surface area contributed by atoms with Crippen LogP contribution in [0.2, 0.25) is 0 Å². The van der Waals surface area contributed by atoms with Crippen LogP contribution in [-0.2, 0) is 0 Å². The number of imidazole rings is 1. The van der Waals surface area contributed by atoms with Gasteiger partial charge in [-0.1, -0.05) is 19.7 Å². The number of nitrogens with zero attached hydrogens (tertiary/aromatic N) is 5. The Bertz CT molecular complexity index is 1240. The first kappa shape index (κ1) is 23.6. The van der Waals surface area contributed by atoms with E-state index in [1.807, 2.05) is 35.9 Å². The Kier molecular flexibility index (Phi) is 6.79. The summed E-state index contributed by atoms with van der Waals surface area (Å²) in [4.78, 5) is 13.6. The van der Waals surface area contributed by atoms with E-state index in [1.54, 1.807) is 6.20 Å². The number of likely N-dealkylation sites (N-methyl/N-ethyl adjacent to an activating group) is 1. The van der Waals surface area contributed by atoms with E-state index in [4.69, 9.17) is 0 Å². The van der Waals surface area contributed by atoms with Crippen LogP contribution < -0.4 is 5.32 Å². The molecule has 0 atom stereocenters. The molecule has 34 heavy (non-hydrogen) atoms. The molecule has 4 heterocycles. The molecule has 1 saturated heterocycles. The molecule has 8 heteroatoms. The van der Waals surface area contributed by atoms with Crippen molar-refractivity contribution in [3.05, 3.63) is 84.6 Å². The number of halogens is 2. The monoisotopic (exact) mass is 464 g/mol. The topological polar surface area (TPSA) is 48.7 Å². The lowest BCUT2D eigenvalue weighted by molar-refractivity contribution is 0.151. The highest BCUT2D eigenvalue weighted by Gasteiger charge is 2.18. The van der Waals surface area contributed by atoms with Gasteiger partial charge in [-0.2, -0.15) is 0 Å². The number of hydrogen-bond donors (Lipinski definition) is 1. The number of hydrogen-bond acceptors (Lipinski definition) is 5. The smallest absolute Gasteiger partial charge is 0.255 e. The maximum absolute atomic E-state index is 12.6. The molecule has 0 unspecified atom stereocenters. The molecule has 0 saturated carbocycles. The lowest BCUT2D eigenvalue weighted by Crippen LogP contribution is -2.43. The molecule has 0 radical (unpaired) electrons. The molecular weight excluding hydrogens is 434 g/mol. The van der Waals surface area contributed by atoms with E-state index < -0.39 is 13.0 Å². The number of pyridine rings is 2. The third kappa shape index (κ3) is 4.87. The van der Waals surface area contributed by atoms with Crippen LogP contribution in [-0.4, -0.2) is 70.4 Å². The van der Waals surface area contributed by atoms with Crippen molar-refractivity contribution < 1.29 is 8.78 Å². The second kappa shape index (κ2) is 9.77. The van der Waals surface area contributed by atoms with Crippen LogP contribution in [0.1, 0.15) is 28.1 Å². The van der Waals surface area contributed by atoms with Gasteiger partial charge in [-0.05, 0) is 43.3 Å². The average Bonchev–Trinajstić information content (AvgIpc) is 3.26. The number of rotatable bonds is 8. The average molecular weight is 465 g/mol. The van der Waals surface area contributed by atoms with Crippen molar-refractivity contribution in [3.63, 3.8) is 0 Å². The molecule has 1 aliphatic rings. The minimum Gasteiger partial charge on any atom is -0.378 e. The molecule has 3 aromatic rings. The fourth-order valence-electron chi connectivity index (χ4n) is 4.08. The van der Waals surface area contributed by atoms with Gasteiger partial charge in [0.2, 0.25) is 0 Å². The van der Waals surface area contributed by atoms with Gasteiger partial charge >= 0.3 is 0 Å². The van der Waals surface area contributed by atoms with Crippen molar-refractivity contribution in [2.75, 3.05) is 39.8 Å². The highest BCUT2D eigenvalue weighted by atomic mass is 19.3. The standard InChI is InChI=1S/C26H30F2N6/c1-17(21-6-7-26-31-14-24(34(26)16-21)19(3)30-15-25(27)28)23-12-22(13-29-18(23)2)20(4)33-10-8-32(5)9-11-33/h6-7,12-14,16,25,30H,1,3-4,8-11,15H2,2,5H3. The number of aromatic nitrogens is 3. The first-order valence-corrected chi connectivity index (χ1v) is 11.2. The van der Waals surface area contributed by atoms with Crippen LogP contribution in [0, 0.1) is 6.92 Å². The predicted molar refractivity (Wildman–Crippen MR) is 133 cm³/mol. The Balaban J connectivity index is 1.61. The summed E-state index contributed by atoms with van der Waals surface area (Å²) in [5.74, 6) is 0. The van der Waals surface area contributed by atoms with Crippen LogP contribution in [0.15, 0.2) is 56.5 Å². The Morgan fingerprint density at radius 3 is 2.50 bits per heavy atom. The molecule has 1 aliphatic heterocycles. The van der Waals surface area contributed by atoms with Crippen LogP contribution in [0.3, 0.4) is 0 Å². The Morgan fingerprint density at radius 1 is 1.06 bits per heavy atom. The molecule has 0 amide bonds. The quantitative estimate of drug-likeness (QED) is 0.543.